The molecule has 6 nitrogen and oxygen atoms in total. The topological polar surface area (TPSA) is 69.7 Å². The van der Waals surface area contributed by atoms with Gasteiger partial charge in [-0.05, 0) is 81.7 Å². The molecule has 2 aromatic carbocycles. The van der Waals surface area contributed by atoms with E-state index in [1.807, 2.05) is 75.4 Å². The molecule has 0 saturated heterocycles. The molecule has 1 fully saturated rings. The minimum atomic E-state index is -0.484. The molecule has 0 spiro atoms. The fourth-order valence-electron chi connectivity index (χ4n) is 4.03. The largest absolute Gasteiger partial charge is 0.490 e. The zero-order valence-electron chi connectivity index (χ0n) is 19.5. The lowest BCUT2D eigenvalue weighted by atomic mass is 9.93. The van der Waals surface area contributed by atoms with E-state index in [4.69, 9.17) is 14.2 Å². The number of carbonyl (C=O) groups excluding carboxylic acids is 1. The van der Waals surface area contributed by atoms with Crippen molar-refractivity contribution in [2.24, 2.45) is 0 Å². The number of benzene rings is 2. The Morgan fingerprint density at radius 1 is 1.03 bits per heavy atom. The molecule has 3 aromatic rings. The Bertz CT molecular complexity index is 1070. The summed E-state index contributed by atoms with van der Waals surface area (Å²) in [5, 5.41) is 4.97. The first-order valence-corrected chi connectivity index (χ1v) is 11.6. The number of amides is 1. The molecule has 4 rings (SSSR count). The maximum Gasteiger partial charge on any atom is 0.407 e. The lowest BCUT2D eigenvalue weighted by Crippen LogP contribution is -2.42. The first-order chi connectivity index (χ1) is 15.9. The van der Waals surface area contributed by atoms with Crippen molar-refractivity contribution in [3.63, 3.8) is 0 Å². The Labute approximate surface area is 195 Å². The summed E-state index contributed by atoms with van der Waals surface area (Å²) >= 11 is 0. The summed E-state index contributed by atoms with van der Waals surface area (Å²) in [6, 6.07) is 18.2. The van der Waals surface area contributed by atoms with E-state index in [0.717, 1.165) is 47.8 Å². The molecule has 6 heteroatoms. The van der Waals surface area contributed by atoms with Gasteiger partial charge in [0.15, 0.2) is 0 Å². The summed E-state index contributed by atoms with van der Waals surface area (Å²) in [4.78, 5) is 16.4. The monoisotopic (exact) mass is 448 g/mol. The average Bonchev–Trinajstić information content (AvgIpc) is 2.78. The summed E-state index contributed by atoms with van der Waals surface area (Å²) < 4.78 is 17.6. The van der Waals surface area contributed by atoms with Crippen LogP contribution in [0.5, 0.6) is 11.6 Å². The minimum Gasteiger partial charge on any atom is -0.490 e. The van der Waals surface area contributed by atoms with Crippen LogP contribution in [0.25, 0.3) is 10.8 Å². The number of hydrogen-bond acceptors (Lipinski definition) is 5. The minimum absolute atomic E-state index is 0.131. The standard InChI is InChI=1S/C27H32N2O4/c1-27(2,3)33-26(30)29-21-9-11-22(12-10-21)32-23-13-14-24-20(17-23)15-16-28-25(24)31-18-19-7-5-4-6-8-19/h4-8,13-17,21-22H,9-12,18H2,1-3H3,(H,29,30)/t21-,22+. The third kappa shape index (κ3) is 6.60. The summed E-state index contributed by atoms with van der Waals surface area (Å²) in [5.74, 6) is 1.46. The number of ether oxygens (including phenoxy) is 3. The molecule has 1 saturated carbocycles. The van der Waals surface area contributed by atoms with Crippen LogP contribution >= 0.6 is 0 Å². The van der Waals surface area contributed by atoms with Crippen LogP contribution in [0.1, 0.15) is 52.0 Å². The molecule has 0 aliphatic heterocycles. The molecule has 1 aliphatic carbocycles. The maximum atomic E-state index is 12.0. The van der Waals surface area contributed by atoms with Gasteiger partial charge < -0.3 is 19.5 Å². The first-order valence-electron chi connectivity index (χ1n) is 11.6. The van der Waals surface area contributed by atoms with Crippen LogP contribution in [0.3, 0.4) is 0 Å². The predicted molar refractivity (Wildman–Crippen MR) is 129 cm³/mol. The Morgan fingerprint density at radius 3 is 2.52 bits per heavy atom. The molecule has 1 aromatic heterocycles. The number of aromatic nitrogens is 1. The molecular formula is C27H32N2O4. The molecular weight excluding hydrogens is 416 g/mol. The second-order valence-corrected chi connectivity index (χ2v) is 9.51. The maximum absolute atomic E-state index is 12.0. The van der Waals surface area contributed by atoms with Crippen molar-refractivity contribution in [3.8, 4) is 11.6 Å². The van der Waals surface area contributed by atoms with E-state index in [9.17, 15) is 4.79 Å². The van der Waals surface area contributed by atoms with Gasteiger partial charge in [0, 0.05) is 17.6 Å². The van der Waals surface area contributed by atoms with E-state index in [0.29, 0.717) is 12.5 Å². The lowest BCUT2D eigenvalue weighted by molar-refractivity contribution is 0.0471. The van der Waals surface area contributed by atoms with Crippen molar-refractivity contribution in [3.05, 3.63) is 66.4 Å². The third-order valence-electron chi connectivity index (χ3n) is 5.62. The van der Waals surface area contributed by atoms with Crippen molar-refractivity contribution < 1.29 is 19.0 Å². The highest BCUT2D eigenvalue weighted by Crippen LogP contribution is 2.30. The highest BCUT2D eigenvalue weighted by Gasteiger charge is 2.25. The highest BCUT2D eigenvalue weighted by atomic mass is 16.6. The van der Waals surface area contributed by atoms with E-state index in [-0.39, 0.29) is 18.2 Å². The van der Waals surface area contributed by atoms with Gasteiger partial charge in [-0.25, -0.2) is 9.78 Å². The van der Waals surface area contributed by atoms with Crippen LogP contribution in [0, 0.1) is 0 Å². The van der Waals surface area contributed by atoms with E-state index in [1.165, 1.54) is 0 Å². The molecule has 0 unspecified atom stereocenters. The number of rotatable bonds is 6. The van der Waals surface area contributed by atoms with Crippen molar-refractivity contribution in [1.29, 1.82) is 0 Å². The number of fused-ring (bicyclic) bond motifs is 1. The molecule has 1 heterocycles. The molecule has 1 N–H and O–H groups in total. The number of pyridine rings is 1. The molecule has 174 valence electrons. The third-order valence-corrected chi connectivity index (χ3v) is 5.62. The van der Waals surface area contributed by atoms with E-state index in [1.54, 1.807) is 6.20 Å². The Morgan fingerprint density at radius 2 is 1.79 bits per heavy atom. The summed E-state index contributed by atoms with van der Waals surface area (Å²) in [6.45, 7) is 6.09. The molecule has 0 atom stereocenters. The Balaban J connectivity index is 1.32. The van der Waals surface area contributed by atoms with Gasteiger partial charge in [0.2, 0.25) is 5.88 Å². The first kappa shape index (κ1) is 22.9. The zero-order chi connectivity index (χ0) is 23.3. The van der Waals surface area contributed by atoms with Gasteiger partial charge in [0.05, 0.1) is 6.10 Å². The number of hydrogen-bond donors (Lipinski definition) is 1. The molecule has 33 heavy (non-hydrogen) atoms. The second-order valence-electron chi connectivity index (χ2n) is 9.51. The van der Waals surface area contributed by atoms with E-state index < -0.39 is 5.60 Å². The number of nitrogens with one attached hydrogen (secondary N) is 1. The summed E-state index contributed by atoms with van der Waals surface area (Å²) in [7, 11) is 0. The summed E-state index contributed by atoms with van der Waals surface area (Å²) in [5.41, 5.74) is 0.621. The van der Waals surface area contributed by atoms with E-state index >= 15 is 0 Å². The quantitative estimate of drug-likeness (QED) is 0.499. The fraction of sp³-hybridized carbons (Fsp3) is 0.407. The van der Waals surface area contributed by atoms with Gasteiger partial charge in [-0.2, -0.15) is 0 Å². The molecule has 0 radical (unpaired) electrons. The van der Waals surface area contributed by atoms with Crippen molar-refractivity contribution in [2.45, 2.75) is 70.8 Å². The molecule has 0 bridgehead atoms. The smallest absolute Gasteiger partial charge is 0.407 e. The van der Waals surface area contributed by atoms with Gasteiger partial charge >= 0.3 is 6.09 Å². The van der Waals surface area contributed by atoms with Crippen LogP contribution in [0.15, 0.2) is 60.8 Å². The average molecular weight is 449 g/mol. The van der Waals surface area contributed by atoms with Gasteiger partial charge in [-0.3, -0.25) is 0 Å². The normalized spacial score (nSPS) is 18.5. The molecule has 1 aliphatic rings. The molecule has 1 amide bonds. The van der Waals surface area contributed by atoms with Crippen molar-refractivity contribution >= 4 is 16.9 Å². The van der Waals surface area contributed by atoms with Gasteiger partial charge in [0.1, 0.15) is 18.0 Å². The van der Waals surface area contributed by atoms with E-state index in [2.05, 4.69) is 10.3 Å². The number of nitrogens with zero attached hydrogens (tertiary/aromatic N) is 1. The fourth-order valence-corrected chi connectivity index (χ4v) is 4.03. The van der Waals surface area contributed by atoms with Gasteiger partial charge in [0.25, 0.3) is 0 Å². The van der Waals surface area contributed by atoms with Crippen molar-refractivity contribution in [2.75, 3.05) is 0 Å². The Hall–Kier alpha value is -3.28. The van der Waals surface area contributed by atoms with Crippen molar-refractivity contribution in [1.82, 2.24) is 10.3 Å². The van der Waals surface area contributed by atoms with Crippen LogP contribution in [0.4, 0.5) is 4.79 Å². The SMILES string of the molecule is CC(C)(C)OC(=O)N[C@H]1CC[C@@H](Oc2ccc3c(OCc4ccccc4)nccc3c2)CC1. The van der Waals surface area contributed by atoms with Gasteiger partial charge in [-0.1, -0.05) is 30.3 Å². The van der Waals surface area contributed by atoms with Gasteiger partial charge in [-0.15, -0.1) is 0 Å². The zero-order valence-corrected chi connectivity index (χ0v) is 19.5. The predicted octanol–water partition coefficient (Wildman–Crippen LogP) is 6.03. The van der Waals surface area contributed by atoms with Crippen LogP contribution in [-0.4, -0.2) is 28.8 Å². The highest BCUT2D eigenvalue weighted by molar-refractivity contribution is 5.87. The van der Waals surface area contributed by atoms with Crippen LogP contribution < -0.4 is 14.8 Å². The Kier molecular flexibility index (Phi) is 7.02. The lowest BCUT2D eigenvalue weighted by Gasteiger charge is -2.30. The second kappa shape index (κ2) is 10.1. The summed E-state index contributed by atoms with van der Waals surface area (Å²) in [6.07, 6.45) is 5.08. The van der Waals surface area contributed by atoms with Crippen LogP contribution in [-0.2, 0) is 11.3 Å². The number of carbonyl (C=O) groups is 1. The van der Waals surface area contributed by atoms with Crippen LogP contribution in [0.2, 0.25) is 0 Å². The number of alkyl carbamates (subject to hydrolysis) is 1.